The summed E-state index contributed by atoms with van der Waals surface area (Å²) in [4.78, 5) is 7.20. The number of allylic oxidation sites excluding steroid dienone is 1. The van der Waals surface area contributed by atoms with Crippen molar-refractivity contribution in [2.24, 2.45) is 5.92 Å². The number of halogens is 1. The van der Waals surface area contributed by atoms with Crippen LogP contribution in [0, 0.1) is 11.7 Å². The van der Waals surface area contributed by atoms with Crippen LogP contribution in [0.25, 0.3) is 17.1 Å². The molecule has 0 bridgehead atoms. The molecule has 17 heavy (non-hydrogen) atoms. The van der Waals surface area contributed by atoms with Gasteiger partial charge in [-0.25, -0.2) is 9.37 Å². The van der Waals surface area contributed by atoms with E-state index in [0.29, 0.717) is 5.92 Å². The molecule has 0 aromatic carbocycles. The zero-order valence-electron chi connectivity index (χ0n) is 9.62. The number of H-pyrrole nitrogens is 1. The number of rotatable bonds is 2. The summed E-state index contributed by atoms with van der Waals surface area (Å²) < 4.78 is 13.0. The second-order valence-corrected chi connectivity index (χ2v) is 4.72. The van der Waals surface area contributed by atoms with E-state index in [1.807, 2.05) is 6.07 Å². The zero-order valence-corrected chi connectivity index (χ0v) is 9.62. The van der Waals surface area contributed by atoms with E-state index >= 15 is 0 Å². The summed E-state index contributed by atoms with van der Waals surface area (Å²) in [5, 5.41) is 0.830. The molecular weight excluding hydrogens is 215 g/mol. The number of aromatic nitrogens is 2. The maximum atomic E-state index is 13.0. The van der Waals surface area contributed by atoms with Crippen molar-refractivity contribution in [3.63, 3.8) is 0 Å². The fourth-order valence-corrected chi connectivity index (χ4v) is 2.49. The van der Waals surface area contributed by atoms with Crippen molar-refractivity contribution in [2.75, 3.05) is 0 Å². The Balaban J connectivity index is 1.85. The minimum absolute atomic E-state index is 0.289. The lowest BCUT2D eigenvalue weighted by Gasteiger charge is -1.98. The molecule has 0 saturated heterocycles. The van der Waals surface area contributed by atoms with Crippen LogP contribution in [0.2, 0.25) is 0 Å². The second-order valence-electron chi connectivity index (χ2n) is 4.72. The minimum atomic E-state index is -0.289. The van der Waals surface area contributed by atoms with Gasteiger partial charge in [-0.15, -0.1) is 0 Å². The fourth-order valence-electron chi connectivity index (χ4n) is 2.49. The van der Waals surface area contributed by atoms with E-state index in [1.165, 1.54) is 37.9 Å². The van der Waals surface area contributed by atoms with Gasteiger partial charge in [0.05, 0.1) is 6.20 Å². The lowest BCUT2D eigenvalue weighted by atomic mass is 10.1. The maximum Gasteiger partial charge on any atom is 0.142 e. The lowest BCUT2D eigenvalue weighted by Crippen LogP contribution is -1.85. The van der Waals surface area contributed by atoms with Crippen LogP contribution in [-0.4, -0.2) is 9.97 Å². The number of hydrogen-bond donors (Lipinski definition) is 1. The molecule has 2 nitrogen and oxygen atoms in total. The van der Waals surface area contributed by atoms with Gasteiger partial charge in [0.15, 0.2) is 0 Å². The molecule has 0 unspecified atom stereocenters. The highest BCUT2D eigenvalue weighted by Crippen LogP contribution is 2.26. The van der Waals surface area contributed by atoms with Gasteiger partial charge >= 0.3 is 0 Å². The SMILES string of the molecule is Fc1cnc2[nH]c(C=CC3CCCC3)cc2c1. The van der Waals surface area contributed by atoms with E-state index in [1.54, 1.807) is 0 Å². The molecule has 2 aromatic heterocycles. The summed E-state index contributed by atoms with van der Waals surface area (Å²) in [6.07, 6.45) is 10.9. The highest BCUT2D eigenvalue weighted by molar-refractivity contribution is 5.79. The Morgan fingerprint density at radius 2 is 2.12 bits per heavy atom. The fraction of sp³-hybridized carbons (Fsp3) is 0.357. The summed E-state index contributed by atoms with van der Waals surface area (Å²) >= 11 is 0. The van der Waals surface area contributed by atoms with Crippen molar-refractivity contribution in [1.82, 2.24) is 9.97 Å². The molecule has 0 amide bonds. The van der Waals surface area contributed by atoms with E-state index in [2.05, 4.69) is 22.1 Å². The van der Waals surface area contributed by atoms with Crippen LogP contribution in [0.1, 0.15) is 31.4 Å². The monoisotopic (exact) mass is 230 g/mol. The van der Waals surface area contributed by atoms with Crippen LogP contribution in [0.4, 0.5) is 4.39 Å². The molecule has 1 saturated carbocycles. The Morgan fingerprint density at radius 1 is 1.29 bits per heavy atom. The Kier molecular flexibility index (Phi) is 2.67. The molecule has 1 fully saturated rings. The highest BCUT2D eigenvalue weighted by atomic mass is 19.1. The van der Waals surface area contributed by atoms with E-state index in [0.717, 1.165) is 16.7 Å². The number of nitrogens with one attached hydrogen (secondary N) is 1. The average Bonchev–Trinajstić information content (AvgIpc) is 2.94. The van der Waals surface area contributed by atoms with Gasteiger partial charge in [-0.3, -0.25) is 0 Å². The molecular formula is C14H15FN2. The number of fused-ring (bicyclic) bond motifs is 1. The van der Waals surface area contributed by atoms with Crippen molar-refractivity contribution in [3.8, 4) is 0 Å². The first-order valence-corrected chi connectivity index (χ1v) is 6.14. The summed E-state index contributed by atoms with van der Waals surface area (Å²) in [6.45, 7) is 0. The molecule has 0 radical (unpaired) electrons. The number of aromatic amines is 1. The Hall–Kier alpha value is -1.64. The smallest absolute Gasteiger partial charge is 0.142 e. The van der Waals surface area contributed by atoms with Crippen molar-refractivity contribution in [3.05, 3.63) is 35.9 Å². The van der Waals surface area contributed by atoms with Crippen LogP contribution in [0.15, 0.2) is 24.4 Å². The number of hydrogen-bond acceptors (Lipinski definition) is 1. The summed E-state index contributed by atoms with van der Waals surface area (Å²) in [6, 6.07) is 3.45. The molecule has 2 heterocycles. The molecule has 0 spiro atoms. The van der Waals surface area contributed by atoms with Gasteiger partial charge in [-0.05, 0) is 37.0 Å². The predicted octanol–water partition coefficient (Wildman–Crippen LogP) is 3.91. The molecule has 2 aromatic rings. The number of pyridine rings is 1. The Morgan fingerprint density at radius 3 is 2.94 bits per heavy atom. The van der Waals surface area contributed by atoms with E-state index in [9.17, 15) is 4.39 Å². The minimum Gasteiger partial charge on any atom is -0.340 e. The third kappa shape index (κ3) is 2.23. The molecule has 3 rings (SSSR count). The first kappa shape index (κ1) is 10.5. The van der Waals surface area contributed by atoms with E-state index in [4.69, 9.17) is 0 Å². The topological polar surface area (TPSA) is 28.7 Å². The van der Waals surface area contributed by atoms with Crippen LogP contribution in [0.3, 0.4) is 0 Å². The molecule has 88 valence electrons. The van der Waals surface area contributed by atoms with Crippen molar-refractivity contribution in [1.29, 1.82) is 0 Å². The zero-order chi connectivity index (χ0) is 11.7. The van der Waals surface area contributed by atoms with Crippen LogP contribution < -0.4 is 0 Å². The van der Waals surface area contributed by atoms with Crippen LogP contribution in [-0.2, 0) is 0 Å². The molecule has 3 heteroatoms. The lowest BCUT2D eigenvalue weighted by molar-refractivity contribution is 0.624. The van der Waals surface area contributed by atoms with Crippen molar-refractivity contribution in [2.45, 2.75) is 25.7 Å². The predicted molar refractivity (Wildman–Crippen MR) is 67.0 cm³/mol. The van der Waals surface area contributed by atoms with Gasteiger partial charge < -0.3 is 4.98 Å². The number of nitrogens with zero attached hydrogens (tertiary/aromatic N) is 1. The summed E-state index contributed by atoms with van der Waals surface area (Å²) in [5.74, 6) is 0.425. The standard InChI is InChI=1S/C14H15FN2/c15-12-7-11-8-13(17-14(11)16-9-12)6-5-10-3-1-2-4-10/h5-10H,1-4H2,(H,16,17). The van der Waals surface area contributed by atoms with Gasteiger partial charge in [-0.1, -0.05) is 18.9 Å². The van der Waals surface area contributed by atoms with Gasteiger partial charge in [0.1, 0.15) is 11.5 Å². The van der Waals surface area contributed by atoms with Gasteiger partial charge in [0.2, 0.25) is 0 Å². The van der Waals surface area contributed by atoms with Crippen molar-refractivity contribution >= 4 is 17.1 Å². The Labute approximate surface area is 99.6 Å². The van der Waals surface area contributed by atoms with E-state index < -0.39 is 0 Å². The summed E-state index contributed by atoms with van der Waals surface area (Å²) in [5.41, 5.74) is 1.75. The molecule has 0 aliphatic heterocycles. The van der Waals surface area contributed by atoms with Gasteiger partial charge in [0.25, 0.3) is 0 Å². The normalized spacial score (nSPS) is 17.5. The quantitative estimate of drug-likeness (QED) is 0.832. The van der Waals surface area contributed by atoms with Crippen LogP contribution in [0.5, 0.6) is 0 Å². The average molecular weight is 230 g/mol. The molecule has 0 atom stereocenters. The highest BCUT2D eigenvalue weighted by Gasteiger charge is 2.11. The molecule has 1 aliphatic carbocycles. The third-order valence-electron chi connectivity index (χ3n) is 3.41. The third-order valence-corrected chi connectivity index (χ3v) is 3.41. The molecule has 1 aliphatic rings. The van der Waals surface area contributed by atoms with Crippen LogP contribution >= 0.6 is 0 Å². The van der Waals surface area contributed by atoms with E-state index in [-0.39, 0.29) is 5.82 Å². The second kappa shape index (κ2) is 4.32. The van der Waals surface area contributed by atoms with Crippen molar-refractivity contribution < 1.29 is 4.39 Å². The molecule has 1 N–H and O–H groups in total. The largest absolute Gasteiger partial charge is 0.340 e. The van der Waals surface area contributed by atoms with Gasteiger partial charge in [0, 0.05) is 11.1 Å². The first-order chi connectivity index (χ1) is 8.31. The maximum absolute atomic E-state index is 13.0. The Bertz CT molecular complexity index is 550. The first-order valence-electron chi connectivity index (χ1n) is 6.14. The van der Waals surface area contributed by atoms with Gasteiger partial charge in [-0.2, -0.15) is 0 Å². The summed E-state index contributed by atoms with van der Waals surface area (Å²) in [7, 11) is 0.